The third-order valence-electron chi connectivity index (χ3n) is 4.79. The van der Waals surface area contributed by atoms with Crippen LogP contribution in [-0.4, -0.2) is 36.5 Å². The average molecular weight is 394 g/mol. The predicted octanol–water partition coefficient (Wildman–Crippen LogP) is 3.79. The fourth-order valence-corrected chi connectivity index (χ4v) is 3.35. The summed E-state index contributed by atoms with van der Waals surface area (Å²) >= 11 is 0. The molecule has 6 nitrogen and oxygen atoms in total. The molecular weight excluding hydrogens is 368 g/mol. The molecule has 0 bridgehead atoms. The van der Waals surface area contributed by atoms with E-state index >= 15 is 0 Å². The number of amides is 2. The summed E-state index contributed by atoms with van der Waals surface area (Å²) in [7, 11) is 0. The van der Waals surface area contributed by atoms with Gasteiger partial charge in [0.05, 0.1) is 19.3 Å². The van der Waals surface area contributed by atoms with Gasteiger partial charge in [0.15, 0.2) is 11.5 Å². The van der Waals surface area contributed by atoms with Crippen LogP contribution in [0, 0.1) is 0 Å². The minimum absolute atomic E-state index is 0.0773. The second-order valence-corrected chi connectivity index (χ2v) is 6.74. The normalized spacial score (nSPS) is 13.8. The Morgan fingerprint density at radius 1 is 1.07 bits per heavy atom. The van der Waals surface area contributed by atoms with Gasteiger partial charge in [0.1, 0.15) is 6.54 Å². The molecule has 0 saturated heterocycles. The van der Waals surface area contributed by atoms with Crippen LogP contribution in [-0.2, 0) is 4.79 Å². The molecule has 2 amide bonds. The van der Waals surface area contributed by atoms with E-state index in [1.807, 2.05) is 51.1 Å². The Balaban J connectivity index is 1.68. The minimum Gasteiger partial charge on any atom is -0.490 e. The van der Waals surface area contributed by atoms with Gasteiger partial charge in [-0.1, -0.05) is 30.8 Å². The van der Waals surface area contributed by atoms with E-state index < -0.39 is 0 Å². The maximum atomic E-state index is 12.6. The van der Waals surface area contributed by atoms with E-state index in [0.29, 0.717) is 36.0 Å². The smallest absolute Gasteiger partial charge is 0.259 e. The largest absolute Gasteiger partial charge is 0.490 e. The third kappa shape index (κ3) is 4.26. The molecule has 29 heavy (non-hydrogen) atoms. The third-order valence-corrected chi connectivity index (χ3v) is 4.79. The zero-order valence-electron chi connectivity index (χ0n) is 17.0. The number of hydrogen-bond acceptors (Lipinski definition) is 4. The molecule has 1 unspecified atom stereocenters. The molecular formula is C23H26N2O4. The van der Waals surface area contributed by atoms with Crippen molar-refractivity contribution in [2.24, 2.45) is 0 Å². The van der Waals surface area contributed by atoms with Gasteiger partial charge in [-0.15, -0.1) is 0 Å². The van der Waals surface area contributed by atoms with Crippen LogP contribution >= 0.6 is 0 Å². The SMILES string of the molecule is C=C1c2ccccc2C(=O)N1CC(=O)NC(C)c1ccc(OCC)c(OCC)c1. The summed E-state index contributed by atoms with van der Waals surface area (Å²) in [5.41, 5.74) is 2.78. The molecule has 1 N–H and O–H groups in total. The summed E-state index contributed by atoms with van der Waals surface area (Å²) in [6.45, 7) is 10.7. The van der Waals surface area contributed by atoms with Gasteiger partial charge in [0.25, 0.3) is 5.91 Å². The minimum atomic E-state index is -0.259. The van der Waals surface area contributed by atoms with Crippen molar-refractivity contribution < 1.29 is 19.1 Å². The van der Waals surface area contributed by atoms with E-state index in [1.165, 1.54) is 4.90 Å². The fraction of sp³-hybridized carbons (Fsp3) is 0.304. The molecule has 1 heterocycles. The molecule has 1 aliphatic heterocycles. The highest BCUT2D eigenvalue weighted by Crippen LogP contribution is 2.32. The van der Waals surface area contributed by atoms with Crippen LogP contribution in [0.3, 0.4) is 0 Å². The van der Waals surface area contributed by atoms with Crippen molar-refractivity contribution in [1.29, 1.82) is 0 Å². The summed E-state index contributed by atoms with van der Waals surface area (Å²) in [4.78, 5) is 26.6. The molecule has 1 aliphatic rings. The predicted molar refractivity (Wildman–Crippen MR) is 112 cm³/mol. The quantitative estimate of drug-likeness (QED) is 0.740. The zero-order chi connectivity index (χ0) is 21.0. The first kappa shape index (κ1) is 20.5. The van der Waals surface area contributed by atoms with Crippen molar-refractivity contribution in [1.82, 2.24) is 10.2 Å². The number of rotatable bonds is 8. The molecule has 2 aromatic carbocycles. The van der Waals surface area contributed by atoms with Crippen LogP contribution in [0.15, 0.2) is 49.0 Å². The van der Waals surface area contributed by atoms with E-state index in [9.17, 15) is 9.59 Å². The van der Waals surface area contributed by atoms with E-state index in [1.54, 1.807) is 12.1 Å². The second kappa shape index (κ2) is 8.82. The maximum absolute atomic E-state index is 12.6. The molecule has 2 aromatic rings. The van der Waals surface area contributed by atoms with Gasteiger partial charge in [-0.05, 0) is 44.5 Å². The zero-order valence-corrected chi connectivity index (χ0v) is 17.0. The van der Waals surface area contributed by atoms with E-state index in [2.05, 4.69) is 11.9 Å². The van der Waals surface area contributed by atoms with Crippen molar-refractivity contribution in [3.63, 3.8) is 0 Å². The first-order chi connectivity index (χ1) is 14.0. The number of fused-ring (bicyclic) bond motifs is 1. The number of carbonyl (C=O) groups is 2. The second-order valence-electron chi connectivity index (χ2n) is 6.74. The van der Waals surface area contributed by atoms with E-state index in [0.717, 1.165) is 11.1 Å². The van der Waals surface area contributed by atoms with Crippen LogP contribution in [0.5, 0.6) is 11.5 Å². The molecule has 1 atom stereocenters. The van der Waals surface area contributed by atoms with Crippen molar-refractivity contribution in [3.05, 3.63) is 65.7 Å². The Labute approximate surface area is 171 Å². The Morgan fingerprint density at radius 3 is 2.38 bits per heavy atom. The highest BCUT2D eigenvalue weighted by molar-refractivity contribution is 6.10. The van der Waals surface area contributed by atoms with Gasteiger partial charge >= 0.3 is 0 Å². The lowest BCUT2D eigenvalue weighted by Crippen LogP contribution is -2.37. The van der Waals surface area contributed by atoms with Crippen LogP contribution < -0.4 is 14.8 Å². The molecule has 0 radical (unpaired) electrons. The summed E-state index contributed by atoms with van der Waals surface area (Å²) < 4.78 is 11.2. The summed E-state index contributed by atoms with van der Waals surface area (Å²) in [6.07, 6.45) is 0. The topological polar surface area (TPSA) is 67.9 Å². The average Bonchev–Trinajstić information content (AvgIpc) is 2.95. The van der Waals surface area contributed by atoms with Crippen molar-refractivity contribution in [3.8, 4) is 11.5 Å². The number of carbonyl (C=O) groups excluding carboxylic acids is 2. The molecule has 0 aliphatic carbocycles. The first-order valence-electron chi connectivity index (χ1n) is 9.75. The highest BCUT2D eigenvalue weighted by Gasteiger charge is 2.32. The lowest BCUT2D eigenvalue weighted by atomic mass is 10.1. The summed E-state index contributed by atoms with van der Waals surface area (Å²) in [5.74, 6) is 0.861. The van der Waals surface area contributed by atoms with E-state index in [4.69, 9.17) is 9.47 Å². The standard InChI is InChI=1S/C23H26N2O4/c1-5-28-20-12-11-17(13-21(20)29-6-2)15(3)24-22(26)14-25-16(4)18-9-7-8-10-19(18)23(25)27/h7-13,15H,4-6,14H2,1-3H3,(H,24,26). The van der Waals surface area contributed by atoms with Crippen LogP contribution in [0.25, 0.3) is 5.70 Å². The van der Waals surface area contributed by atoms with Gasteiger partial charge < -0.3 is 14.8 Å². The van der Waals surface area contributed by atoms with Crippen LogP contribution in [0.1, 0.15) is 48.3 Å². The monoisotopic (exact) mass is 394 g/mol. The fourth-order valence-electron chi connectivity index (χ4n) is 3.35. The molecule has 0 spiro atoms. The van der Waals surface area contributed by atoms with Gasteiger partial charge in [-0.25, -0.2) is 0 Å². The lowest BCUT2D eigenvalue weighted by Gasteiger charge is -2.20. The molecule has 0 saturated carbocycles. The molecule has 0 aromatic heterocycles. The van der Waals surface area contributed by atoms with Crippen molar-refractivity contribution in [2.45, 2.75) is 26.8 Å². The summed E-state index contributed by atoms with van der Waals surface area (Å²) in [5, 5.41) is 2.94. The highest BCUT2D eigenvalue weighted by atomic mass is 16.5. The molecule has 6 heteroatoms. The number of ether oxygens (including phenoxy) is 2. The first-order valence-corrected chi connectivity index (χ1v) is 9.75. The number of benzene rings is 2. The maximum Gasteiger partial charge on any atom is 0.259 e. The Kier molecular flexibility index (Phi) is 6.22. The van der Waals surface area contributed by atoms with Gasteiger partial charge in [0.2, 0.25) is 5.91 Å². The number of hydrogen-bond donors (Lipinski definition) is 1. The molecule has 0 fully saturated rings. The van der Waals surface area contributed by atoms with Crippen molar-refractivity contribution in [2.75, 3.05) is 19.8 Å². The Hall–Kier alpha value is -3.28. The van der Waals surface area contributed by atoms with Gasteiger partial charge in [0, 0.05) is 16.8 Å². The Morgan fingerprint density at radius 2 is 1.72 bits per heavy atom. The van der Waals surface area contributed by atoms with Crippen LogP contribution in [0.4, 0.5) is 0 Å². The Bertz CT molecular complexity index is 903. The van der Waals surface area contributed by atoms with E-state index in [-0.39, 0.29) is 24.4 Å². The van der Waals surface area contributed by atoms with Gasteiger partial charge in [-0.3, -0.25) is 14.5 Å². The van der Waals surface area contributed by atoms with Crippen molar-refractivity contribution >= 4 is 17.5 Å². The lowest BCUT2D eigenvalue weighted by molar-refractivity contribution is -0.121. The molecule has 3 rings (SSSR count). The van der Waals surface area contributed by atoms with Gasteiger partial charge in [-0.2, -0.15) is 0 Å². The molecule has 152 valence electrons. The number of nitrogens with zero attached hydrogens (tertiary/aromatic N) is 1. The van der Waals surface area contributed by atoms with Crippen LogP contribution in [0.2, 0.25) is 0 Å². The number of nitrogens with one attached hydrogen (secondary N) is 1. The summed E-state index contributed by atoms with van der Waals surface area (Å²) in [6, 6.07) is 12.6.